The van der Waals surface area contributed by atoms with Crippen molar-refractivity contribution in [2.24, 2.45) is 11.1 Å². The van der Waals surface area contributed by atoms with Crippen LogP contribution >= 0.6 is 12.2 Å². The molecule has 0 aromatic heterocycles. The summed E-state index contributed by atoms with van der Waals surface area (Å²) < 4.78 is 0. The maximum atomic E-state index is 12.8. The lowest BCUT2D eigenvalue weighted by atomic mass is 9.73. The molecule has 1 fully saturated rings. The molecule has 1 saturated carbocycles. The molecule has 2 aliphatic carbocycles. The Morgan fingerprint density at radius 3 is 2.24 bits per heavy atom. The van der Waals surface area contributed by atoms with E-state index in [1.807, 2.05) is 0 Å². The highest BCUT2D eigenvalue weighted by Gasteiger charge is 2.43. The van der Waals surface area contributed by atoms with E-state index < -0.39 is 5.41 Å². The van der Waals surface area contributed by atoms with Gasteiger partial charge in [-0.05, 0) is 36.8 Å². The van der Waals surface area contributed by atoms with E-state index in [1.54, 1.807) is 0 Å². The van der Waals surface area contributed by atoms with E-state index in [1.165, 1.54) is 17.5 Å². The van der Waals surface area contributed by atoms with E-state index in [0.717, 1.165) is 38.5 Å². The van der Waals surface area contributed by atoms with Gasteiger partial charge in [0, 0.05) is 6.04 Å². The summed E-state index contributed by atoms with van der Waals surface area (Å²) in [4.78, 5) is 13.2. The zero-order valence-electron chi connectivity index (χ0n) is 12.2. The molecule has 0 atom stereocenters. The van der Waals surface area contributed by atoms with Crippen molar-refractivity contribution in [2.45, 2.75) is 51.0 Å². The summed E-state index contributed by atoms with van der Waals surface area (Å²) in [6, 6.07) is 8.58. The van der Waals surface area contributed by atoms with Crippen LogP contribution in [-0.2, 0) is 17.6 Å². The van der Waals surface area contributed by atoms with E-state index in [0.29, 0.717) is 4.99 Å². The smallest absolute Gasteiger partial charge is 0.233 e. The van der Waals surface area contributed by atoms with Crippen LogP contribution in [0.2, 0.25) is 0 Å². The number of rotatable bonds is 3. The Labute approximate surface area is 131 Å². The number of benzene rings is 1. The number of nitrogens with two attached hydrogens (primary N) is 1. The molecule has 4 heteroatoms. The molecule has 0 heterocycles. The average Bonchev–Trinajstić information content (AvgIpc) is 2.89. The van der Waals surface area contributed by atoms with Crippen molar-refractivity contribution in [2.75, 3.05) is 0 Å². The monoisotopic (exact) mass is 302 g/mol. The minimum Gasteiger partial charge on any atom is -0.392 e. The molecule has 1 amide bonds. The van der Waals surface area contributed by atoms with Crippen LogP contribution < -0.4 is 11.1 Å². The Morgan fingerprint density at radius 2 is 1.71 bits per heavy atom. The summed E-state index contributed by atoms with van der Waals surface area (Å²) >= 11 is 5.23. The molecule has 0 aliphatic heterocycles. The maximum Gasteiger partial charge on any atom is 0.233 e. The van der Waals surface area contributed by atoms with Gasteiger partial charge < -0.3 is 11.1 Å². The first-order valence-electron chi connectivity index (χ1n) is 7.79. The third-order valence-corrected chi connectivity index (χ3v) is 5.39. The van der Waals surface area contributed by atoms with Crippen molar-refractivity contribution in [3.8, 4) is 0 Å². The van der Waals surface area contributed by atoms with Crippen molar-refractivity contribution in [1.82, 2.24) is 5.32 Å². The minimum absolute atomic E-state index is 0.0486. The first-order valence-corrected chi connectivity index (χ1v) is 8.20. The van der Waals surface area contributed by atoms with Gasteiger partial charge in [-0.25, -0.2) is 0 Å². The van der Waals surface area contributed by atoms with Gasteiger partial charge in [-0.1, -0.05) is 55.7 Å². The summed E-state index contributed by atoms with van der Waals surface area (Å²) in [7, 11) is 0. The third kappa shape index (κ3) is 2.69. The van der Waals surface area contributed by atoms with E-state index >= 15 is 0 Å². The van der Waals surface area contributed by atoms with Gasteiger partial charge in [-0.3, -0.25) is 4.79 Å². The van der Waals surface area contributed by atoms with E-state index in [2.05, 4.69) is 29.6 Å². The molecule has 112 valence electrons. The Balaban J connectivity index is 1.70. The third-order valence-electron chi connectivity index (χ3n) is 5.00. The predicted octanol–water partition coefficient (Wildman–Crippen LogP) is 2.51. The second kappa shape index (κ2) is 5.76. The highest BCUT2D eigenvalue weighted by atomic mass is 32.1. The number of fused-ring (bicyclic) bond motifs is 1. The summed E-state index contributed by atoms with van der Waals surface area (Å²) in [5, 5.41) is 3.21. The number of hydrogen-bond acceptors (Lipinski definition) is 2. The fraction of sp³-hybridized carbons (Fsp3) is 0.529. The number of carbonyl (C=O) groups is 1. The van der Waals surface area contributed by atoms with Gasteiger partial charge in [0.05, 0.1) is 10.4 Å². The molecule has 1 aromatic carbocycles. The topological polar surface area (TPSA) is 55.1 Å². The van der Waals surface area contributed by atoms with Crippen LogP contribution in [0.5, 0.6) is 0 Å². The lowest BCUT2D eigenvalue weighted by molar-refractivity contribution is -0.129. The Morgan fingerprint density at radius 1 is 1.14 bits per heavy atom. The van der Waals surface area contributed by atoms with Crippen LogP contribution in [0.3, 0.4) is 0 Å². The van der Waals surface area contributed by atoms with Crippen molar-refractivity contribution in [3.05, 3.63) is 35.4 Å². The molecule has 0 spiro atoms. The molecule has 0 unspecified atom stereocenters. The molecule has 3 nitrogen and oxygen atoms in total. The standard InChI is InChI=1S/C17H22N2OS/c18-15(21)17(8-4-1-5-9-17)16(20)19-14-10-12-6-2-3-7-13(12)11-14/h2-3,6-7,14H,1,4-5,8-11H2,(H2,18,21)(H,19,20). The second-order valence-corrected chi connectivity index (χ2v) is 6.79. The Kier molecular flexibility index (Phi) is 3.98. The summed E-state index contributed by atoms with van der Waals surface area (Å²) in [5.74, 6) is 0.0486. The number of carbonyl (C=O) groups excluding carboxylic acids is 1. The first-order chi connectivity index (χ1) is 10.1. The number of amides is 1. The van der Waals surface area contributed by atoms with Crippen molar-refractivity contribution in [3.63, 3.8) is 0 Å². The number of thiocarbonyl (C=S) groups is 1. The Bertz CT molecular complexity index is 539. The van der Waals surface area contributed by atoms with Crippen LogP contribution in [0.1, 0.15) is 43.2 Å². The zero-order chi connectivity index (χ0) is 14.9. The summed E-state index contributed by atoms with van der Waals surface area (Å²) in [6.07, 6.45) is 6.67. The van der Waals surface area contributed by atoms with Crippen LogP contribution in [0.4, 0.5) is 0 Å². The molecule has 1 aromatic rings. The highest BCUT2D eigenvalue weighted by Crippen LogP contribution is 2.37. The van der Waals surface area contributed by atoms with Crippen LogP contribution in [0.25, 0.3) is 0 Å². The van der Waals surface area contributed by atoms with Gasteiger partial charge in [-0.15, -0.1) is 0 Å². The van der Waals surface area contributed by atoms with Crippen LogP contribution in [0.15, 0.2) is 24.3 Å². The van der Waals surface area contributed by atoms with Gasteiger partial charge in [0.2, 0.25) is 5.91 Å². The average molecular weight is 302 g/mol. The fourth-order valence-electron chi connectivity index (χ4n) is 3.73. The lowest BCUT2D eigenvalue weighted by Crippen LogP contribution is -2.52. The SMILES string of the molecule is NC(=S)C1(C(=O)NC2Cc3ccccc3C2)CCCCC1. The normalized spacial score (nSPS) is 20.8. The van der Waals surface area contributed by atoms with Gasteiger partial charge in [0.25, 0.3) is 0 Å². The predicted molar refractivity (Wildman–Crippen MR) is 88.1 cm³/mol. The molecule has 0 saturated heterocycles. The van der Waals surface area contributed by atoms with Gasteiger partial charge in [0.1, 0.15) is 0 Å². The largest absolute Gasteiger partial charge is 0.392 e. The quantitative estimate of drug-likeness (QED) is 0.844. The highest BCUT2D eigenvalue weighted by molar-refractivity contribution is 7.80. The first kappa shape index (κ1) is 14.5. The summed E-state index contributed by atoms with van der Waals surface area (Å²) in [6.45, 7) is 0. The van der Waals surface area contributed by atoms with E-state index in [9.17, 15) is 4.79 Å². The van der Waals surface area contributed by atoms with Crippen molar-refractivity contribution >= 4 is 23.1 Å². The van der Waals surface area contributed by atoms with Crippen LogP contribution in [0, 0.1) is 5.41 Å². The second-order valence-electron chi connectivity index (χ2n) is 6.35. The Hall–Kier alpha value is -1.42. The minimum atomic E-state index is -0.609. The van der Waals surface area contributed by atoms with E-state index in [-0.39, 0.29) is 11.9 Å². The number of nitrogens with one attached hydrogen (secondary N) is 1. The molecule has 21 heavy (non-hydrogen) atoms. The molecule has 0 radical (unpaired) electrons. The fourth-order valence-corrected chi connectivity index (χ4v) is 4.02. The van der Waals surface area contributed by atoms with E-state index in [4.69, 9.17) is 18.0 Å². The van der Waals surface area contributed by atoms with Crippen molar-refractivity contribution in [1.29, 1.82) is 0 Å². The molecular weight excluding hydrogens is 280 g/mol. The molecule has 2 aliphatic rings. The summed E-state index contributed by atoms with van der Waals surface area (Å²) in [5.41, 5.74) is 8.01. The molecule has 0 bridgehead atoms. The molecular formula is C17H22N2OS. The maximum absolute atomic E-state index is 12.8. The number of hydrogen-bond donors (Lipinski definition) is 2. The van der Waals surface area contributed by atoms with Gasteiger partial charge >= 0.3 is 0 Å². The van der Waals surface area contributed by atoms with Gasteiger partial charge in [-0.2, -0.15) is 0 Å². The lowest BCUT2D eigenvalue weighted by Gasteiger charge is -2.35. The van der Waals surface area contributed by atoms with Crippen LogP contribution in [-0.4, -0.2) is 16.9 Å². The van der Waals surface area contributed by atoms with Gasteiger partial charge in [0.15, 0.2) is 0 Å². The molecule has 3 N–H and O–H groups in total. The zero-order valence-corrected chi connectivity index (χ0v) is 13.0. The molecule has 3 rings (SSSR count). The van der Waals surface area contributed by atoms with Crippen molar-refractivity contribution < 1.29 is 4.79 Å².